The third-order valence-electron chi connectivity index (χ3n) is 5.06. The lowest BCUT2D eigenvalue weighted by atomic mass is 9.78. The number of hydrogen-bond acceptors (Lipinski definition) is 2. The Morgan fingerprint density at radius 3 is 2.32 bits per heavy atom. The van der Waals surface area contributed by atoms with Gasteiger partial charge in [0.15, 0.2) is 0 Å². The van der Waals surface area contributed by atoms with Crippen molar-refractivity contribution in [3.63, 3.8) is 0 Å². The molecule has 3 nitrogen and oxygen atoms in total. The topological polar surface area (TPSA) is 38.3 Å². The Balaban J connectivity index is 2.03. The first-order valence-corrected chi connectivity index (χ1v) is 8.28. The highest BCUT2D eigenvalue weighted by atomic mass is 16.5. The van der Waals surface area contributed by atoms with E-state index in [0.717, 1.165) is 41.2 Å². The summed E-state index contributed by atoms with van der Waals surface area (Å²) >= 11 is 0. The van der Waals surface area contributed by atoms with Gasteiger partial charge in [-0.25, -0.2) is 0 Å². The summed E-state index contributed by atoms with van der Waals surface area (Å²) in [6.07, 6.45) is 5.03. The van der Waals surface area contributed by atoms with Crippen LogP contribution in [0.25, 0.3) is 0 Å². The summed E-state index contributed by atoms with van der Waals surface area (Å²) in [5, 5.41) is 3.28. The predicted molar refractivity (Wildman–Crippen MR) is 90.4 cm³/mol. The van der Waals surface area contributed by atoms with E-state index in [1.165, 1.54) is 12.8 Å². The van der Waals surface area contributed by atoms with Gasteiger partial charge < -0.3 is 10.1 Å². The van der Waals surface area contributed by atoms with Crippen molar-refractivity contribution in [3.8, 4) is 5.75 Å². The van der Waals surface area contributed by atoms with E-state index in [1.54, 1.807) is 7.11 Å². The number of methoxy groups -OCH3 is 1. The Morgan fingerprint density at radius 1 is 1.27 bits per heavy atom. The average Bonchev–Trinajstić information content (AvgIpc) is 2.46. The van der Waals surface area contributed by atoms with Crippen LogP contribution in [0.3, 0.4) is 0 Å². The fraction of sp³-hybridized carbons (Fsp3) is 0.632. The number of rotatable bonds is 4. The van der Waals surface area contributed by atoms with Gasteiger partial charge in [0.25, 0.3) is 0 Å². The quantitative estimate of drug-likeness (QED) is 0.915. The van der Waals surface area contributed by atoms with Crippen LogP contribution in [-0.2, 0) is 11.2 Å². The summed E-state index contributed by atoms with van der Waals surface area (Å²) in [6.45, 7) is 8.57. The smallest absolute Gasteiger partial charge is 0.224 e. The molecule has 1 aliphatic rings. The fourth-order valence-corrected chi connectivity index (χ4v) is 3.42. The molecular formula is C19H29NO2. The van der Waals surface area contributed by atoms with E-state index in [9.17, 15) is 4.79 Å². The molecule has 122 valence electrons. The van der Waals surface area contributed by atoms with Crippen LogP contribution in [0.2, 0.25) is 0 Å². The Kier molecular flexibility index (Phi) is 5.15. The molecule has 2 rings (SSSR count). The maximum Gasteiger partial charge on any atom is 0.224 e. The minimum atomic E-state index is -0.0299. The number of benzene rings is 1. The lowest BCUT2D eigenvalue weighted by Crippen LogP contribution is -2.48. The van der Waals surface area contributed by atoms with Crippen molar-refractivity contribution in [1.29, 1.82) is 0 Å². The molecule has 0 spiro atoms. The number of carbonyl (C=O) groups excluding carboxylic acids is 1. The van der Waals surface area contributed by atoms with E-state index in [0.29, 0.717) is 6.42 Å². The minimum absolute atomic E-state index is 0.0299. The lowest BCUT2D eigenvalue weighted by molar-refractivity contribution is -0.122. The Hall–Kier alpha value is -1.51. The molecule has 1 aliphatic carbocycles. The van der Waals surface area contributed by atoms with Crippen LogP contribution in [-0.4, -0.2) is 18.6 Å². The molecule has 1 amide bonds. The highest BCUT2D eigenvalue weighted by Gasteiger charge is 2.31. The summed E-state index contributed by atoms with van der Waals surface area (Å²) in [7, 11) is 1.67. The SMILES string of the molecule is COc1cc(C)c(CC(=O)NC2(C)CCC(C)CC2)c(C)c1. The molecule has 0 aromatic heterocycles. The molecule has 0 aliphatic heterocycles. The van der Waals surface area contributed by atoms with Gasteiger partial charge in [-0.1, -0.05) is 6.92 Å². The first-order valence-electron chi connectivity index (χ1n) is 8.28. The standard InChI is InChI=1S/C19H29NO2/c1-13-6-8-19(4,9-7-13)20-18(21)12-17-14(2)10-16(22-5)11-15(17)3/h10-11,13H,6-9,12H2,1-5H3,(H,20,21). The molecule has 1 saturated carbocycles. The molecule has 1 N–H and O–H groups in total. The van der Waals surface area contributed by atoms with Gasteiger partial charge in [-0.05, 0) is 81.2 Å². The summed E-state index contributed by atoms with van der Waals surface area (Å²) < 4.78 is 5.28. The van der Waals surface area contributed by atoms with Crippen LogP contribution >= 0.6 is 0 Å². The van der Waals surface area contributed by atoms with Crippen molar-refractivity contribution in [2.45, 2.75) is 65.3 Å². The second-order valence-corrected chi connectivity index (χ2v) is 7.21. The van der Waals surface area contributed by atoms with Crippen LogP contribution in [0.1, 0.15) is 56.2 Å². The second kappa shape index (κ2) is 6.72. The van der Waals surface area contributed by atoms with Gasteiger partial charge in [-0.2, -0.15) is 0 Å². The molecule has 0 bridgehead atoms. The number of carbonyl (C=O) groups is 1. The third kappa shape index (κ3) is 4.02. The van der Waals surface area contributed by atoms with Crippen molar-refractivity contribution in [2.75, 3.05) is 7.11 Å². The molecule has 0 radical (unpaired) electrons. The lowest BCUT2D eigenvalue weighted by Gasteiger charge is -2.37. The molecule has 0 saturated heterocycles. The molecule has 0 heterocycles. The van der Waals surface area contributed by atoms with E-state index in [2.05, 4.69) is 19.2 Å². The number of hydrogen-bond donors (Lipinski definition) is 1. The molecule has 1 fully saturated rings. The van der Waals surface area contributed by atoms with Crippen molar-refractivity contribution in [1.82, 2.24) is 5.32 Å². The van der Waals surface area contributed by atoms with E-state index in [4.69, 9.17) is 4.74 Å². The van der Waals surface area contributed by atoms with Crippen molar-refractivity contribution in [2.24, 2.45) is 5.92 Å². The molecule has 0 unspecified atom stereocenters. The van der Waals surface area contributed by atoms with Crippen LogP contribution in [0.15, 0.2) is 12.1 Å². The van der Waals surface area contributed by atoms with Crippen molar-refractivity contribution < 1.29 is 9.53 Å². The first kappa shape index (κ1) is 16.9. The Morgan fingerprint density at radius 2 is 1.82 bits per heavy atom. The normalized spacial score (nSPS) is 24.9. The zero-order chi connectivity index (χ0) is 16.3. The number of ether oxygens (including phenoxy) is 1. The molecule has 3 heteroatoms. The van der Waals surface area contributed by atoms with Gasteiger partial charge >= 0.3 is 0 Å². The number of aryl methyl sites for hydroxylation is 2. The minimum Gasteiger partial charge on any atom is -0.497 e. The monoisotopic (exact) mass is 303 g/mol. The number of nitrogens with one attached hydrogen (secondary N) is 1. The summed E-state index contributed by atoms with van der Waals surface area (Å²) in [5.41, 5.74) is 3.33. The van der Waals surface area contributed by atoms with Gasteiger partial charge in [0.1, 0.15) is 5.75 Å². The van der Waals surface area contributed by atoms with Crippen LogP contribution in [0.4, 0.5) is 0 Å². The summed E-state index contributed by atoms with van der Waals surface area (Å²) in [5.74, 6) is 1.77. The largest absolute Gasteiger partial charge is 0.497 e. The van der Waals surface area contributed by atoms with E-state index >= 15 is 0 Å². The fourth-order valence-electron chi connectivity index (χ4n) is 3.42. The molecule has 0 atom stereocenters. The van der Waals surface area contributed by atoms with Crippen LogP contribution < -0.4 is 10.1 Å². The van der Waals surface area contributed by atoms with E-state index < -0.39 is 0 Å². The van der Waals surface area contributed by atoms with Crippen molar-refractivity contribution >= 4 is 5.91 Å². The Bertz CT molecular complexity index is 519. The van der Waals surface area contributed by atoms with Gasteiger partial charge in [0.2, 0.25) is 5.91 Å². The average molecular weight is 303 g/mol. The maximum absolute atomic E-state index is 12.5. The van der Waals surface area contributed by atoms with Gasteiger partial charge in [-0.3, -0.25) is 4.79 Å². The third-order valence-corrected chi connectivity index (χ3v) is 5.06. The maximum atomic E-state index is 12.5. The highest BCUT2D eigenvalue weighted by molar-refractivity contribution is 5.80. The van der Waals surface area contributed by atoms with Gasteiger partial charge in [-0.15, -0.1) is 0 Å². The zero-order valence-corrected chi connectivity index (χ0v) is 14.6. The molecular weight excluding hydrogens is 274 g/mol. The highest BCUT2D eigenvalue weighted by Crippen LogP contribution is 2.31. The van der Waals surface area contributed by atoms with Crippen LogP contribution in [0.5, 0.6) is 5.75 Å². The Labute approximate surface area is 134 Å². The molecule has 22 heavy (non-hydrogen) atoms. The predicted octanol–water partition coefficient (Wildman–Crippen LogP) is 3.94. The first-order chi connectivity index (χ1) is 10.3. The summed E-state index contributed by atoms with van der Waals surface area (Å²) in [6, 6.07) is 4.00. The summed E-state index contributed by atoms with van der Waals surface area (Å²) in [4.78, 5) is 12.5. The van der Waals surface area contributed by atoms with Gasteiger partial charge in [0.05, 0.1) is 13.5 Å². The zero-order valence-electron chi connectivity index (χ0n) is 14.6. The van der Waals surface area contributed by atoms with Crippen molar-refractivity contribution in [3.05, 3.63) is 28.8 Å². The van der Waals surface area contributed by atoms with Gasteiger partial charge in [0, 0.05) is 5.54 Å². The molecule has 1 aromatic carbocycles. The number of amides is 1. The van der Waals surface area contributed by atoms with E-state index in [-0.39, 0.29) is 11.4 Å². The van der Waals surface area contributed by atoms with E-state index in [1.807, 2.05) is 26.0 Å². The van der Waals surface area contributed by atoms with Crippen LogP contribution in [0, 0.1) is 19.8 Å². The molecule has 1 aromatic rings. The second-order valence-electron chi connectivity index (χ2n) is 7.21.